The van der Waals surface area contributed by atoms with E-state index in [1.54, 1.807) is 14.2 Å². The zero-order chi connectivity index (χ0) is 21.0. The standard InChI is InChI=1S/C23H37N3O4.HI/c1-24-23(25-12-5-13-29-19-10-14-28-15-11-19)26-17-18-8-9-21(27-2)16-22(18)30-20-6-3-4-7-20;/h8-9,16,19-20H,3-7,10-15,17H2,1-2H3,(H2,24,25,26);1H. The van der Waals surface area contributed by atoms with Crippen LogP contribution in [0.1, 0.15) is 50.5 Å². The second-order valence-corrected chi connectivity index (χ2v) is 7.89. The summed E-state index contributed by atoms with van der Waals surface area (Å²) in [7, 11) is 3.47. The van der Waals surface area contributed by atoms with E-state index >= 15 is 0 Å². The molecule has 1 heterocycles. The third-order valence-corrected chi connectivity index (χ3v) is 5.68. The minimum Gasteiger partial charge on any atom is -0.497 e. The van der Waals surface area contributed by atoms with Gasteiger partial charge in [-0.15, -0.1) is 24.0 Å². The van der Waals surface area contributed by atoms with Crippen LogP contribution in [0.2, 0.25) is 0 Å². The van der Waals surface area contributed by atoms with Crippen LogP contribution in [0.25, 0.3) is 0 Å². The summed E-state index contributed by atoms with van der Waals surface area (Å²) in [6.07, 6.45) is 8.36. The Bertz CT molecular complexity index is 662. The minimum absolute atomic E-state index is 0. The average Bonchev–Trinajstić information content (AvgIpc) is 3.30. The molecule has 7 nitrogen and oxygen atoms in total. The van der Waals surface area contributed by atoms with Gasteiger partial charge in [-0.25, -0.2) is 0 Å². The molecule has 1 aromatic carbocycles. The van der Waals surface area contributed by atoms with Crippen LogP contribution < -0.4 is 20.1 Å². The Hall–Kier alpha value is -1.26. The molecule has 0 amide bonds. The van der Waals surface area contributed by atoms with E-state index in [-0.39, 0.29) is 24.0 Å². The molecule has 1 saturated heterocycles. The summed E-state index contributed by atoms with van der Waals surface area (Å²) in [6, 6.07) is 6.02. The molecule has 0 radical (unpaired) electrons. The Labute approximate surface area is 203 Å². The fraction of sp³-hybridized carbons (Fsp3) is 0.696. The number of benzene rings is 1. The van der Waals surface area contributed by atoms with Crippen molar-refractivity contribution < 1.29 is 18.9 Å². The SMILES string of the molecule is CN=C(NCCCOC1CCOCC1)NCc1ccc(OC)cc1OC1CCCC1.I. The third kappa shape index (κ3) is 9.02. The lowest BCUT2D eigenvalue weighted by Crippen LogP contribution is -2.37. The quantitative estimate of drug-likeness (QED) is 0.201. The molecule has 31 heavy (non-hydrogen) atoms. The summed E-state index contributed by atoms with van der Waals surface area (Å²) >= 11 is 0. The van der Waals surface area contributed by atoms with Crippen LogP contribution in [0.5, 0.6) is 11.5 Å². The van der Waals surface area contributed by atoms with Crippen LogP contribution in [0.3, 0.4) is 0 Å². The number of hydrogen-bond donors (Lipinski definition) is 2. The van der Waals surface area contributed by atoms with Gasteiger partial charge < -0.3 is 29.6 Å². The first-order valence-electron chi connectivity index (χ1n) is 11.3. The molecule has 0 spiro atoms. The van der Waals surface area contributed by atoms with Crippen LogP contribution in [0, 0.1) is 0 Å². The zero-order valence-electron chi connectivity index (χ0n) is 18.9. The van der Waals surface area contributed by atoms with Crippen LogP contribution in [-0.4, -0.2) is 58.7 Å². The Kier molecular flexibility index (Phi) is 12.4. The maximum atomic E-state index is 6.28. The van der Waals surface area contributed by atoms with E-state index < -0.39 is 0 Å². The van der Waals surface area contributed by atoms with Gasteiger partial charge in [0.25, 0.3) is 0 Å². The molecule has 0 atom stereocenters. The Morgan fingerprint density at radius 3 is 2.58 bits per heavy atom. The van der Waals surface area contributed by atoms with Crippen molar-refractivity contribution in [2.75, 3.05) is 40.5 Å². The van der Waals surface area contributed by atoms with Crippen molar-refractivity contribution >= 4 is 29.9 Å². The van der Waals surface area contributed by atoms with Crippen molar-refractivity contribution in [3.05, 3.63) is 23.8 Å². The van der Waals surface area contributed by atoms with Crippen molar-refractivity contribution in [1.82, 2.24) is 10.6 Å². The lowest BCUT2D eigenvalue weighted by Gasteiger charge is -2.22. The first kappa shape index (κ1) is 26.0. The predicted octanol–water partition coefficient (Wildman–Crippen LogP) is 3.89. The van der Waals surface area contributed by atoms with Gasteiger partial charge in [-0.1, -0.05) is 0 Å². The molecule has 1 aliphatic carbocycles. The summed E-state index contributed by atoms with van der Waals surface area (Å²) in [4.78, 5) is 4.33. The number of halogens is 1. The van der Waals surface area contributed by atoms with E-state index in [0.717, 1.165) is 81.5 Å². The number of rotatable bonds is 10. The third-order valence-electron chi connectivity index (χ3n) is 5.68. The number of ether oxygens (including phenoxy) is 4. The van der Waals surface area contributed by atoms with Crippen LogP contribution in [0.4, 0.5) is 0 Å². The zero-order valence-corrected chi connectivity index (χ0v) is 21.2. The molecular formula is C23H38IN3O4. The number of guanidine groups is 1. The van der Waals surface area contributed by atoms with Gasteiger partial charge in [-0.05, 0) is 57.1 Å². The molecule has 3 rings (SSSR count). The topological polar surface area (TPSA) is 73.3 Å². The molecule has 2 N–H and O–H groups in total. The number of aliphatic imine (C=N–C) groups is 1. The number of nitrogens with zero attached hydrogens (tertiary/aromatic N) is 1. The number of nitrogens with one attached hydrogen (secondary N) is 2. The molecular weight excluding hydrogens is 509 g/mol. The minimum atomic E-state index is 0. The molecule has 0 bridgehead atoms. The smallest absolute Gasteiger partial charge is 0.191 e. The largest absolute Gasteiger partial charge is 0.497 e. The lowest BCUT2D eigenvalue weighted by molar-refractivity contribution is -0.0320. The van der Waals surface area contributed by atoms with E-state index in [1.165, 1.54) is 12.8 Å². The summed E-state index contributed by atoms with van der Waals surface area (Å²) in [5.74, 6) is 2.50. The second-order valence-electron chi connectivity index (χ2n) is 7.89. The Morgan fingerprint density at radius 2 is 1.87 bits per heavy atom. The van der Waals surface area contributed by atoms with Crippen LogP contribution >= 0.6 is 24.0 Å². The van der Waals surface area contributed by atoms with E-state index in [0.29, 0.717) is 18.8 Å². The maximum absolute atomic E-state index is 6.28. The molecule has 1 aromatic rings. The molecule has 2 aliphatic rings. The maximum Gasteiger partial charge on any atom is 0.191 e. The Balaban J connectivity index is 0.00000341. The molecule has 1 saturated carbocycles. The fourth-order valence-corrected chi connectivity index (χ4v) is 3.87. The number of hydrogen-bond acceptors (Lipinski definition) is 5. The number of methoxy groups -OCH3 is 1. The van der Waals surface area contributed by atoms with Gasteiger partial charge in [0.05, 0.1) is 19.3 Å². The highest BCUT2D eigenvalue weighted by Gasteiger charge is 2.18. The summed E-state index contributed by atoms with van der Waals surface area (Å²) < 4.78 is 22.9. The van der Waals surface area contributed by atoms with Gasteiger partial charge in [-0.3, -0.25) is 4.99 Å². The van der Waals surface area contributed by atoms with Gasteiger partial charge in [0.1, 0.15) is 11.5 Å². The molecule has 2 fully saturated rings. The van der Waals surface area contributed by atoms with Crippen molar-refractivity contribution in [3.63, 3.8) is 0 Å². The van der Waals surface area contributed by atoms with Crippen LogP contribution in [0.15, 0.2) is 23.2 Å². The van der Waals surface area contributed by atoms with E-state index in [4.69, 9.17) is 18.9 Å². The van der Waals surface area contributed by atoms with Gasteiger partial charge in [0, 0.05) is 51.6 Å². The van der Waals surface area contributed by atoms with Crippen molar-refractivity contribution in [2.45, 2.75) is 63.7 Å². The molecule has 176 valence electrons. The van der Waals surface area contributed by atoms with E-state index in [1.807, 2.05) is 12.1 Å². The van der Waals surface area contributed by atoms with Crippen LogP contribution in [-0.2, 0) is 16.0 Å². The first-order valence-corrected chi connectivity index (χ1v) is 11.3. The Morgan fingerprint density at radius 1 is 1.10 bits per heavy atom. The normalized spacial score (nSPS) is 17.8. The van der Waals surface area contributed by atoms with Crippen molar-refractivity contribution in [2.24, 2.45) is 4.99 Å². The van der Waals surface area contributed by atoms with Gasteiger partial charge in [0.15, 0.2) is 5.96 Å². The molecule has 0 aromatic heterocycles. The van der Waals surface area contributed by atoms with E-state index in [9.17, 15) is 0 Å². The van der Waals surface area contributed by atoms with Gasteiger partial charge in [-0.2, -0.15) is 0 Å². The van der Waals surface area contributed by atoms with Crippen molar-refractivity contribution in [1.29, 1.82) is 0 Å². The molecule has 1 aliphatic heterocycles. The predicted molar refractivity (Wildman–Crippen MR) is 134 cm³/mol. The highest BCUT2D eigenvalue weighted by Crippen LogP contribution is 2.30. The fourth-order valence-electron chi connectivity index (χ4n) is 3.87. The summed E-state index contributed by atoms with van der Waals surface area (Å²) in [5.41, 5.74) is 1.11. The van der Waals surface area contributed by atoms with Gasteiger partial charge >= 0.3 is 0 Å². The molecule has 8 heteroatoms. The van der Waals surface area contributed by atoms with Gasteiger partial charge in [0.2, 0.25) is 0 Å². The first-order chi connectivity index (χ1) is 14.8. The van der Waals surface area contributed by atoms with E-state index in [2.05, 4.69) is 21.7 Å². The summed E-state index contributed by atoms with van der Waals surface area (Å²) in [6.45, 7) is 3.85. The molecule has 0 unspecified atom stereocenters. The second kappa shape index (κ2) is 14.7. The highest BCUT2D eigenvalue weighted by atomic mass is 127. The lowest BCUT2D eigenvalue weighted by atomic mass is 10.1. The van der Waals surface area contributed by atoms with Crippen molar-refractivity contribution in [3.8, 4) is 11.5 Å². The highest BCUT2D eigenvalue weighted by molar-refractivity contribution is 14.0. The average molecular weight is 547 g/mol. The summed E-state index contributed by atoms with van der Waals surface area (Å²) in [5, 5.41) is 6.75. The monoisotopic (exact) mass is 547 g/mol.